The molecule has 3 heterocycles. The van der Waals surface area contributed by atoms with Crippen LogP contribution in [0.1, 0.15) is 37.8 Å². The van der Waals surface area contributed by atoms with Crippen LogP contribution in [0.25, 0.3) is 27.8 Å². The molecule has 0 aliphatic carbocycles. The van der Waals surface area contributed by atoms with Crippen molar-refractivity contribution >= 4 is 28.3 Å². The third-order valence-corrected chi connectivity index (χ3v) is 7.74. The largest absolute Gasteiger partial charge is 0.460 e. The zero-order valence-electron chi connectivity index (χ0n) is 24.6. The number of carbonyl (C=O) groups excluding carboxylic acids is 1. The van der Waals surface area contributed by atoms with Gasteiger partial charge >= 0.3 is 6.03 Å². The van der Waals surface area contributed by atoms with Gasteiger partial charge in [-0.25, -0.2) is 14.4 Å². The molecule has 1 aliphatic heterocycles. The fraction of sp³-hybridized carbons (Fsp3) is 0.294. The van der Waals surface area contributed by atoms with Crippen LogP contribution >= 0.6 is 0 Å². The summed E-state index contributed by atoms with van der Waals surface area (Å²) in [5.41, 5.74) is 10.4. The van der Waals surface area contributed by atoms with Crippen molar-refractivity contribution in [3.05, 3.63) is 95.9 Å². The number of urea groups is 1. The number of primary amides is 1. The lowest BCUT2D eigenvalue weighted by Gasteiger charge is -2.25. The second-order valence-electron chi connectivity index (χ2n) is 11.9. The smallest absolute Gasteiger partial charge is 0.325 e. The number of aromatic nitrogens is 2. The van der Waals surface area contributed by atoms with Gasteiger partial charge in [-0.1, -0.05) is 62.7 Å². The maximum atomic E-state index is 13.3. The van der Waals surface area contributed by atoms with Crippen LogP contribution in [-0.4, -0.2) is 47.0 Å². The van der Waals surface area contributed by atoms with Crippen molar-refractivity contribution in [3.8, 4) is 17.0 Å². The Morgan fingerprint density at radius 1 is 0.952 bits per heavy atom. The number of fused-ring (bicyclic) bond motifs is 1. The van der Waals surface area contributed by atoms with Crippen molar-refractivity contribution in [2.45, 2.75) is 39.7 Å². The molecule has 0 radical (unpaired) electrons. The van der Waals surface area contributed by atoms with E-state index >= 15 is 0 Å². The molecular weight excluding hydrogens is 526 g/mol. The number of ether oxygens (including phenoxy) is 1. The first-order chi connectivity index (χ1) is 20.2. The first-order valence-corrected chi connectivity index (χ1v) is 14.4. The van der Waals surface area contributed by atoms with Crippen LogP contribution in [-0.2, 0) is 16.7 Å². The molecule has 0 saturated carbocycles. The van der Waals surface area contributed by atoms with Crippen LogP contribution in [0.3, 0.4) is 0 Å². The van der Waals surface area contributed by atoms with Crippen LogP contribution in [0.5, 0.6) is 0 Å². The average molecular weight is 564 g/mol. The van der Waals surface area contributed by atoms with Gasteiger partial charge in [0, 0.05) is 35.5 Å². The quantitative estimate of drug-likeness (QED) is 0.242. The molecule has 8 heteroatoms. The van der Waals surface area contributed by atoms with E-state index < -0.39 is 6.03 Å². The van der Waals surface area contributed by atoms with Gasteiger partial charge in [0.05, 0.1) is 36.8 Å². The average Bonchev–Trinajstić information content (AvgIpc) is 3.62. The molecule has 216 valence electrons. The molecule has 0 spiro atoms. The van der Waals surface area contributed by atoms with Crippen molar-refractivity contribution < 1.29 is 13.9 Å². The summed E-state index contributed by atoms with van der Waals surface area (Å²) in [5.74, 6) is 2.28. The molecule has 0 atom stereocenters. The first kappa shape index (κ1) is 27.8. The Labute approximate surface area is 246 Å². The highest BCUT2D eigenvalue weighted by Gasteiger charge is 2.28. The summed E-state index contributed by atoms with van der Waals surface area (Å²) in [6.07, 6.45) is 0. The standard InChI is InChI=1S/C34H37N5O3/c1-23-9-11-24(12-10-23)39-32(21-31(36-39)34(2,3)4)38(33(35)40)29-15-14-28(26-7-5-6-8-27(26)29)30-16-13-25(42-30)22-37-17-19-41-20-18-37/h5-16,21H,17-20,22H2,1-4H3,(H2,35,40). The molecule has 2 aromatic heterocycles. The molecule has 42 heavy (non-hydrogen) atoms. The minimum atomic E-state index is -0.590. The zero-order valence-corrected chi connectivity index (χ0v) is 24.6. The van der Waals surface area contributed by atoms with Crippen molar-refractivity contribution in [2.24, 2.45) is 5.73 Å². The molecule has 2 amide bonds. The lowest BCUT2D eigenvalue weighted by Crippen LogP contribution is -2.35. The number of benzene rings is 3. The Kier molecular flexibility index (Phi) is 7.35. The summed E-state index contributed by atoms with van der Waals surface area (Å²) in [7, 11) is 0. The maximum absolute atomic E-state index is 13.3. The SMILES string of the molecule is Cc1ccc(-n2nc(C(C)(C)C)cc2N(C(N)=O)c2ccc(-c3ccc(CN4CCOCC4)o3)c3ccccc23)cc1. The summed E-state index contributed by atoms with van der Waals surface area (Å²) >= 11 is 0. The Morgan fingerprint density at radius 3 is 2.36 bits per heavy atom. The number of nitrogens with zero attached hydrogens (tertiary/aromatic N) is 4. The van der Waals surface area contributed by atoms with Crippen molar-refractivity contribution in [1.29, 1.82) is 0 Å². The Hall–Kier alpha value is -4.40. The van der Waals surface area contributed by atoms with Gasteiger partial charge in [0.1, 0.15) is 17.3 Å². The van der Waals surface area contributed by atoms with Crippen molar-refractivity contribution in [3.63, 3.8) is 0 Å². The molecule has 2 N–H and O–H groups in total. The van der Waals surface area contributed by atoms with Crippen LogP contribution < -0.4 is 10.6 Å². The molecule has 1 aliphatic rings. The van der Waals surface area contributed by atoms with Gasteiger partial charge in [-0.3, -0.25) is 4.90 Å². The van der Waals surface area contributed by atoms with Crippen molar-refractivity contribution in [1.82, 2.24) is 14.7 Å². The molecule has 8 nitrogen and oxygen atoms in total. The molecule has 1 saturated heterocycles. The van der Waals surface area contributed by atoms with E-state index in [0.29, 0.717) is 11.5 Å². The molecule has 0 bridgehead atoms. The second kappa shape index (κ2) is 11.1. The predicted octanol–water partition coefficient (Wildman–Crippen LogP) is 6.94. The van der Waals surface area contributed by atoms with Crippen LogP contribution in [0, 0.1) is 6.92 Å². The van der Waals surface area contributed by atoms with Gasteiger partial charge < -0.3 is 14.9 Å². The van der Waals surface area contributed by atoms with E-state index in [1.807, 2.05) is 79.7 Å². The van der Waals surface area contributed by atoms with Crippen LogP contribution in [0.15, 0.2) is 83.3 Å². The third kappa shape index (κ3) is 5.43. The zero-order chi connectivity index (χ0) is 29.4. The minimum Gasteiger partial charge on any atom is -0.460 e. The number of aryl methyl sites for hydroxylation is 1. The third-order valence-electron chi connectivity index (χ3n) is 7.74. The number of morpholine rings is 1. The van der Waals surface area contributed by atoms with E-state index in [0.717, 1.165) is 77.6 Å². The number of rotatable bonds is 6. The number of furan rings is 1. The Bertz CT molecular complexity index is 1720. The first-order valence-electron chi connectivity index (χ1n) is 14.4. The van der Waals surface area contributed by atoms with E-state index in [-0.39, 0.29) is 5.41 Å². The summed E-state index contributed by atoms with van der Waals surface area (Å²) in [5, 5.41) is 6.79. The van der Waals surface area contributed by atoms with Crippen LogP contribution in [0.4, 0.5) is 16.3 Å². The van der Waals surface area contributed by atoms with E-state index in [1.165, 1.54) is 0 Å². The molecule has 6 rings (SSSR count). The van der Waals surface area contributed by atoms with Crippen LogP contribution in [0.2, 0.25) is 0 Å². The fourth-order valence-corrected chi connectivity index (χ4v) is 5.41. The Balaban J connectivity index is 1.45. The summed E-state index contributed by atoms with van der Waals surface area (Å²) in [4.78, 5) is 17.2. The van der Waals surface area contributed by atoms with E-state index in [9.17, 15) is 4.79 Å². The van der Waals surface area contributed by atoms with Gasteiger partial charge in [0.2, 0.25) is 0 Å². The highest BCUT2D eigenvalue weighted by molar-refractivity contribution is 6.10. The number of nitrogens with two attached hydrogens (primary N) is 1. The highest BCUT2D eigenvalue weighted by Crippen LogP contribution is 2.40. The summed E-state index contributed by atoms with van der Waals surface area (Å²) in [6, 6.07) is 25.5. The number of carbonyl (C=O) groups is 1. The molecule has 3 aromatic carbocycles. The van der Waals surface area contributed by atoms with Crippen molar-refractivity contribution in [2.75, 3.05) is 31.2 Å². The van der Waals surface area contributed by atoms with Gasteiger partial charge in [-0.05, 0) is 48.7 Å². The molecular formula is C34H37N5O3. The molecule has 5 aromatic rings. The minimum absolute atomic E-state index is 0.238. The van der Waals surface area contributed by atoms with E-state index in [4.69, 9.17) is 20.0 Å². The maximum Gasteiger partial charge on any atom is 0.325 e. The lowest BCUT2D eigenvalue weighted by molar-refractivity contribution is 0.0314. The number of anilines is 2. The molecule has 1 fully saturated rings. The summed E-state index contributed by atoms with van der Waals surface area (Å²) in [6.45, 7) is 12.4. The predicted molar refractivity (Wildman–Crippen MR) is 166 cm³/mol. The monoisotopic (exact) mass is 563 g/mol. The second-order valence-corrected chi connectivity index (χ2v) is 11.9. The number of hydrogen-bond acceptors (Lipinski definition) is 5. The van der Waals surface area contributed by atoms with Gasteiger partial charge in [-0.15, -0.1) is 0 Å². The number of amides is 2. The van der Waals surface area contributed by atoms with E-state index in [1.54, 1.807) is 9.58 Å². The van der Waals surface area contributed by atoms with E-state index in [2.05, 4.69) is 31.7 Å². The topological polar surface area (TPSA) is 89.8 Å². The normalized spacial score (nSPS) is 14.4. The lowest BCUT2D eigenvalue weighted by atomic mass is 9.92. The fourth-order valence-electron chi connectivity index (χ4n) is 5.41. The van der Waals surface area contributed by atoms with Gasteiger partial charge in [0.15, 0.2) is 0 Å². The highest BCUT2D eigenvalue weighted by atomic mass is 16.5. The summed E-state index contributed by atoms with van der Waals surface area (Å²) < 4.78 is 13.6. The Morgan fingerprint density at radius 2 is 1.67 bits per heavy atom. The van der Waals surface area contributed by atoms with Gasteiger partial charge in [0.25, 0.3) is 0 Å². The van der Waals surface area contributed by atoms with Gasteiger partial charge in [-0.2, -0.15) is 5.10 Å². The number of hydrogen-bond donors (Lipinski definition) is 1. The molecule has 0 unspecified atom stereocenters.